The van der Waals surface area contributed by atoms with Crippen LogP contribution in [0.5, 0.6) is 5.75 Å². The first-order valence-electron chi connectivity index (χ1n) is 5.93. The third kappa shape index (κ3) is 2.08. The minimum atomic E-state index is 0.756. The number of nitrogens with two attached hydrogens (primary N) is 1. The fourth-order valence-electron chi connectivity index (χ4n) is 2.31. The molecule has 1 aromatic carbocycles. The number of benzene rings is 1. The first-order valence-corrected chi connectivity index (χ1v) is 5.93. The number of nitrogens with zero attached hydrogens (tertiary/aromatic N) is 1. The van der Waals surface area contributed by atoms with Crippen molar-refractivity contribution in [2.24, 2.45) is 5.92 Å². The normalized spacial score (nSPS) is 16.0. The monoisotopic (exact) mass is 220 g/mol. The van der Waals surface area contributed by atoms with Crippen molar-refractivity contribution >= 4 is 11.4 Å². The van der Waals surface area contributed by atoms with Crippen molar-refractivity contribution in [2.45, 2.75) is 19.8 Å². The summed E-state index contributed by atoms with van der Waals surface area (Å²) in [5.74, 6) is 1.74. The van der Waals surface area contributed by atoms with E-state index in [1.807, 2.05) is 12.1 Å². The summed E-state index contributed by atoms with van der Waals surface area (Å²) in [6.07, 6.45) is 2.60. The van der Waals surface area contributed by atoms with Crippen LogP contribution in [-0.2, 0) is 0 Å². The highest BCUT2D eigenvalue weighted by Gasteiger charge is 2.27. The number of methoxy groups -OCH3 is 1. The van der Waals surface area contributed by atoms with Crippen molar-refractivity contribution in [1.29, 1.82) is 0 Å². The molecule has 0 saturated carbocycles. The largest absolute Gasteiger partial charge is 0.495 e. The molecule has 0 radical (unpaired) electrons. The lowest BCUT2D eigenvalue weighted by Crippen LogP contribution is -2.46. The van der Waals surface area contributed by atoms with Crippen molar-refractivity contribution in [3.8, 4) is 5.75 Å². The number of rotatable bonds is 4. The molecule has 3 nitrogen and oxygen atoms in total. The Hall–Kier alpha value is -1.38. The first-order chi connectivity index (χ1) is 7.74. The van der Waals surface area contributed by atoms with E-state index in [4.69, 9.17) is 10.5 Å². The van der Waals surface area contributed by atoms with Gasteiger partial charge in [0.05, 0.1) is 12.8 Å². The van der Waals surface area contributed by atoms with Crippen LogP contribution < -0.4 is 15.4 Å². The van der Waals surface area contributed by atoms with Crippen LogP contribution in [0.3, 0.4) is 0 Å². The van der Waals surface area contributed by atoms with Gasteiger partial charge in [-0.05, 0) is 24.5 Å². The smallest absolute Gasteiger partial charge is 0.144 e. The molecule has 0 unspecified atom stereocenters. The van der Waals surface area contributed by atoms with Crippen LogP contribution in [0.25, 0.3) is 0 Å². The van der Waals surface area contributed by atoms with E-state index in [9.17, 15) is 0 Å². The van der Waals surface area contributed by atoms with Gasteiger partial charge in [0, 0.05) is 24.8 Å². The van der Waals surface area contributed by atoms with Crippen LogP contribution in [0.15, 0.2) is 18.2 Å². The van der Waals surface area contributed by atoms with Gasteiger partial charge in [-0.25, -0.2) is 0 Å². The summed E-state index contributed by atoms with van der Waals surface area (Å²) in [5.41, 5.74) is 7.67. The number of nitrogen functional groups attached to an aromatic ring is 1. The Morgan fingerprint density at radius 1 is 1.44 bits per heavy atom. The minimum absolute atomic E-state index is 0.756. The SMILES string of the molecule is CCCC1CN(c2ccc(N)cc2OC)C1. The van der Waals surface area contributed by atoms with Crippen molar-refractivity contribution < 1.29 is 4.74 Å². The van der Waals surface area contributed by atoms with Crippen molar-refractivity contribution in [3.63, 3.8) is 0 Å². The molecule has 1 aliphatic heterocycles. The molecule has 0 aliphatic carbocycles. The second kappa shape index (κ2) is 4.64. The summed E-state index contributed by atoms with van der Waals surface area (Å²) in [7, 11) is 1.70. The molecular weight excluding hydrogens is 200 g/mol. The Balaban J connectivity index is 2.05. The molecular formula is C13H20N2O. The molecule has 1 saturated heterocycles. The van der Waals surface area contributed by atoms with Gasteiger partial charge in [-0.2, -0.15) is 0 Å². The lowest BCUT2D eigenvalue weighted by molar-refractivity contribution is 0.368. The zero-order valence-electron chi connectivity index (χ0n) is 10.1. The van der Waals surface area contributed by atoms with Crippen LogP contribution in [-0.4, -0.2) is 20.2 Å². The van der Waals surface area contributed by atoms with Crippen LogP contribution >= 0.6 is 0 Å². The van der Waals surface area contributed by atoms with Crippen LogP contribution in [0.1, 0.15) is 19.8 Å². The number of hydrogen-bond donors (Lipinski definition) is 1. The molecule has 16 heavy (non-hydrogen) atoms. The summed E-state index contributed by atoms with van der Waals surface area (Å²) in [6, 6.07) is 5.88. The van der Waals surface area contributed by atoms with Gasteiger partial charge in [-0.1, -0.05) is 13.3 Å². The Kier molecular flexibility index (Phi) is 3.22. The second-order valence-corrected chi connectivity index (χ2v) is 4.49. The zero-order valence-corrected chi connectivity index (χ0v) is 10.1. The Morgan fingerprint density at radius 2 is 2.19 bits per heavy atom. The van der Waals surface area contributed by atoms with Gasteiger partial charge in [0.25, 0.3) is 0 Å². The molecule has 88 valence electrons. The molecule has 0 amide bonds. The number of anilines is 2. The van der Waals surface area contributed by atoms with Crippen molar-refractivity contribution in [2.75, 3.05) is 30.8 Å². The fourth-order valence-corrected chi connectivity index (χ4v) is 2.31. The topological polar surface area (TPSA) is 38.5 Å². The Labute approximate surface area is 97.2 Å². The third-order valence-electron chi connectivity index (χ3n) is 3.20. The Morgan fingerprint density at radius 3 is 2.81 bits per heavy atom. The van der Waals surface area contributed by atoms with Crippen molar-refractivity contribution in [3.05, 3.63) is 18.2 Å². The maximum Gasteiger partial charge on any atom is 0.144 e. The van der Waals surface area contributed by atoms with E-state index in [1.54, 1.807) is 7.11 Å². The molecule has 3 heteroatoms. The summed E-state index contributed by atoms with van der Waals surface area (Å²) >= 11 is 0. The molecule has 1 aromatic rings. The van der Waals surface area contributed by atoms with Gasteiger partial charge < -0.3 is 15.4 Å². The average Bonchev–Trinajstić information content (AvgIpc) is 2.23. The van der Waals surface area contributed by atoms with E-state index in [0.717, 1.165) is 30.4 Å². The number of hydrogen-bond acceptors (Lipinski definition) is 3. The van der Waals surface area contributed by atoms with Crippen LogP contribution in [0, 0.1) is 5.92 Å². The van der Waals surface area contributed by atoms with E-state index in [-0.39, 0.29) is 0 Å². The molecule has 0 bridgehead atoms. The van der Waals surface area contributed by atoms with Gasteiger partial charge in [0.2, 0.25) is 0 Å². The van der Waals surface area contributed by atoms with E-state index in [1.165, 1.54) is 18.5 Å². The van der Waals surface area contributed by atoms with Gasteiger partial charge >= 0.3 is 0 Å². The highest BCUT2D eigenvalue weighted by Crippen LogP contribution is 2.35. The third-order valence-corrected chi connectivity index (χ3v) is 3.20. The van der Waals surface area contributed by atoms with E-state index in [0.29, 0.717) is 0 Å². The first kappa shape index (κ1) is 11.1. The summed E-state index contributed by atoms with van der Waals surface area (Å²) < 4.78 is 5.36. The highest BCUT2D eigenvalue weighted by atomic mass is 16.5. The predicted molar refractivity (Wildman–Crippen MR) is 68.0 cm³/mol. The van der Waals surface area contributed by atoms with Gasteiger partial charge in [-0.15, -0.1) is 0 Å². The van der Waals surface area contributed by atoms with Gasteiger partial charge in [0.1, 0.15) is 5.75 Å². The Bertz CT molecular complexity index is 359. The van der Waals surface area contributed by atoms with Crippen LogP contribution in [0.2, 0.25) is 0 Å². The maximum atomic E-state index is 5.74. The fraction of sp³-hybridized carbons (Fsp3) is 0.538. The van der Waals surface area contributed by atoms with E-state index < -0.39 is 0 Å². The standard InChI is InChI=1S/C13H20N2O/c1-3-4-10-8-15(9-10)12-6-5-11(14)7-13(12)16-2/h5-7,10H,3-4,8-9,14H2,1-2H3. The molecule has 2 N–H and O–H groups in total. The van der Waals surface area contributed by atoms with E-state index in [2.05, 4.69) is 17.9 Å². The zero-order chi connectivity index (χ0) is 11.5. The molecule has 0 atom stereocenters. The minimum Gasteiger partial charge on any atom is -0.495 e. The van der Waals surface area contributed by atoms with E-state index >= 15 is 0 Å². The lowest BCUT2D eigenvalue weighted by Gasteiger charge is -2.41. The number of ether oxygens (including phenoxy) is 1. The van der Waals surface area contributed by atoms with Crippen LogP contribution in [0.4, 0.5) is 11.4 Å². The highest BCUT2D eigenvalue weighted by molar-refractivity contribution is 5.65. The quantitative estimate of drug-likeness (QED) is 0.792. The molecule has 0 aromatic heterocycles. The average molecular weight is 220 g/mol. The molecule has 0 spiro atoms. The molecule has 2 rings (SSSR count). The van der Waals surface area contributed by atoms with Gasteiger partial charge in [-0.3, -0.25) is 0 Å². The van der Waals surface area contributed by atoms with Crippen molar-refractivity contribution in [1.82, 2.24) is 0 Å². The second-order valence-electron chi connectivity index (χ2n) is 4.49. The predicted octanol–water partition coefficient (Wildman–Crippen LogP) is 2.51. The maximum absolute atomic E-state index is 5.74. The molecule has 1 fully saturated rings. The summed E-state index contributed by atoms with van der Waals surface area (Å²) in [4.78, 5) is 2.36. The lowest BCUT2D eigenvalue weighted by atomic mass is 9.94. The summed E-state index contributed by atoms with van der Waals surface area (Å²) in [6.45, 7) is 4.54. The summed E-state index contributed by atoms with van der Waals surface area (Å²) in [5, 5.41) is 0. The molecule has 1 heterocycles. The molecule has 1 aliphatic rings. The van der Waals surface area contributed by atoms with Gasteiger partial charge in [0.15, 0.2) is 0 Å².